The van der Waals surface area contributed by atoms with Gasteiger partial charge in [0, 0.05) is 45.2 Å². The third-order valence-electron chi connectivity index (χ3n) is 4.78. The van der Waals surface area contributed by atoms with Crippen LogP contribution in [0.5, 0.6) is 0 Å². The normalized spacial score (nSPS) is 16.0. The van der Waals surface area contributed by atoms with Crippen molar-refractivity contribution >= 4 is 23.3 Å². The van der Waals surface area contributed by atoms with E-state index >= 15 is 0 Å². The first-order valence-corrected chi connectivity index (χ1v) is 8.93. The Morgan fingerprint density at radius 1 is 1.19 bits per heavy atom. The molecule has 0 bridgehead atoms. The van der Waals surface area contributed by atoms with Gasteiger partial charge in [-0.25, -0.2) is 0 Å². The van der Waals surface area contributed by atoms with Gasteiger partial charge in [-0.3, -0.25) is 14.3 Å². The molecule has 1 fully saturated rings. The summed E-state index contributed by atoms with van der Waals surface area (Å²) in [7, 11) is 3.30. The van der Waals surface area contributed by atoms with Crippen molar-refractivity contribution in [1.82, 2.24) is 14.7 Å². The van der Waals surface area contributed by atoms with Gasteiger partial charge in [0.1, 0.15) is 12.1 Å². The number of nitrogens with one attached hydrogen (secondary N) is 2. The number of carbonyl (C=O) groups excluding carboxylic acids is 2. The van der Waals surface area contributed by atoms with E-state index in [1.54, 1.807) is 28.9 Å². The van der Waals surface area contributed by atoms with Crippen molar-refractivity contribution in [2.75, 3.05) is 37.4 Å². The van der Waals surface area contributed by atoms with Gasteiger partial charge in [0.2, 0.25) is 5.91 Å². The molecule has 0 unspecified atom stereocenters. The first-order chi connectivity index (χ1) is 13.0. The molecule has 0 aliphatic carbocycles. The maximum absolute atomic E-state index is 13.2. The number of aromatic nitrogens is 2. The van der Waals surface area contributed by atoms with E-state index in [1.165, 1.54) is 7.11 Å². The van der Waals surface area contributed by atoms with Crippen molar-refractivity contribution in [3.8, 4) is 0 Å². The number of carbonyl (C=O) groups is 2. The number of likely N-dealkylation sites (tertiary alicyclic amines) is 1. The summed E-state index contributed by atoms with van der Waals surface area (Å²) >= 11 is 0. The highest BCUT2D eigenvalue weighted by molar-refractivity contribution is 5.99. The van der Waals surface area contributed by atoms with E-state index in [0.717, 1.165) is 5.69 Å². The van der Waals surface area contributed by atoms with Gasteiger partial charge in [-0.15, -0.1) is 0 Å². The molecule has 1 aliphatic rings. The highest BCUT2D eigenvalue weighted by atomic mass is 16.5. The van der Waals surface area contributed by atoms with E-state index in [9.17, 15) is 9.59 Å². The second kappa shape index (κ2) is 8.22. The largest absolute Gasteiger partial charge is 0.375 e. The van der Waals surface area contributed by atoms with Crippen LogP contribution in [0.2, 0.25) is 0 Å². The molecule has 27 heavy (non-hydrogen) atoms. The van der Waals surface area contributed by atoms with Gasteiger partial charge in [0.15, 0.2) is 5.82 Å². The van der Waals surface area contributed by atoms with E-state index in [4.69, 9.17) is 4.74 Å². The van der Waals surface area contributed by atoms with Crippen molar-refractivity contribution in [2.45, 2.75) is 18.4 Å². The first-order valence-electron chi connectivity index (χ1n) is 8.93. The molecule has 2 heterocycles. The average Bonchev–Trinajstić information content (AvgIpc) is 3.08. The van der Waals surface area contributed by atoms with Gasteiger partial charge >= 0.3 is 0 Å². The molecule has 2 aromatic rings. The third-order valence-corrected chi connectivity index (χ3v) is 4.78. The zero-order valence-corrected chi connectivity index (χ0v) is 15.6. The minimum atomic E-state index is -0.817. The molecule has 2 amide bonds. The maximum Gasteiger partial charge on any atom is 0.251 e. The highest BCUT2D eigenvalue weighted by Gasteiger charge is 2.42. The van der Waals surface area contributed by atoms with Crippen molar-refractivity contribution in [2.24, 2.45) is 7.05 Å². The van der Waals surface area contributed by atoms with E-state index in [0.29, 0.717) is 31.7 Å². The monoisotopic (exact) mass is 371 g/mol. The lowest BCUT2D eigenvalue weighted by atomic mass is 9.85. The van der Waals surface area contributed by atoms with Crippen LogP contribution in [0.1, 0.15) is 12.8 Å². The molecular weight excluding hydrogens is 346 g/mol. The van der Waals surface area contributed by atoms with Crippen molar-refractivity contribution in [3.63, 3.8) is 0 Å². The Labute approximate surface area is 158 Å². The fraction of sp³-hybridized carbons (Fsp3) is 0.421. The molecule has 2 N–H and O–H groups in total. The summed E-state index contributed by atoms with van der Waals surface area (Å²) in [6.07, 6.45) is 2.77. The lowest BCUT2D eigenvalue weighted by Crippen LogP contribution is -2.57. The number of piperidine rings is 1. The SMILES string of the molecule is COCC(=O)N1CCC(Nc2ccccc2)(C(=O)Nc2ccn(C)n2)CC1. The second-order valence-corrected chi connectivity index (χ2v) is 6.72. The number of anilines is 2. The Kier molecular flexibility index (Phi) is 5.75. The van der Waals surface area contributed by atoms with Gasteiger partial charge in [0.05, 0.1) is 0 Å². The van der Waals surface area contributed by atoms with Gasteiger partial charge in [0.25, 0.3) is 5.91 Å². The fourth-order valence-electron chi connectivity index (χ4n) is 3.28. The molecule has 144 valence electrons. The summed E-state index contributed by atoms with van der Waals surface area (Å²) in [6.45, 7) is 1.02. The van der Waals surface area contributed by atoms with Crippen LogP contribution in [-0.2, 0) is 21.4 Å². The summed E-state index contributed by atoms with van der Waals surface area (Å²) in [5, 5.41) is 10.5. The lowest BCUT2D eigenvalue weighted by Gasteiger charge is -2.41. The molecule has 0 radical (unpaired) electrons. The van der Waals surface area contributed by atoms with Crippen LogP contribution in [0.15, 0.2) is 42.6 Å². The molecule has 0 saturated carbocycles. The smallest absolute Gasteiger partial charge is 0.251 e. The van der Waals surface area contributed by atoms with Gasteiger partial charge < -0.3 is 20.3 Å². The summed E-state index contributed by atoms with van der Waals surface area (Å²) in [5.74, 6) is 0.300. The third kappa shape index (κ3) is 4.46. The Bertz CT molecular complexity index is 782. The average molecular weight is 371 g/mol. The number of amides is 2. The Morgan fingerprint density at radius 2 is 1.89 bits per heavy atom. The molecule has 8 nitrogen and oxygen atoms in total. The number of hydrogen-bond donors (Lipinski definition) is 2. The standard InChI is InChI=1S/C19H25N5O3/c1-23-11-8-16(22-23)20-18(26)19(21-15-6-4-3-5-7-15)9-12-24(13-10-19)17(25)14-27-2/h3-8,11,21H,9-10,12-14H2,1-2H3,(H,20,22,26). The van der Waals surface area contributed by atoms with Crippen molar-refractivity contribution in [1.29, 1.82) is 0 Å². The first kappa shape index (κ1) is 18.9. The van der Waals surface area contributed by atoms with Crippen LogP contribution in [0.4, 0.5) is 11.5 Å². The predicted octanol–water partition coefficient (Wildman–Crippen LogP) is 1.48. The molecular formula is C19H25N5O3. The van der Waals surface area contributed by atoms with E-state index in [2.05, 4.69) is 15.7 Å². The molecule has 8 heteroatoms. The van der Waals surface area contributed by atoms with E-state index in [1.807, 2.05) is 30.3 Å². The number of aryl methyl sites for hydroxylation is 1. The molecule has 1 aliphatic heterocycles. The number of hydrogen-bond acceptors (Lipinski definition) is 5. The Hall–Kier alpha value is -2.87. The molecule has 0 atom stereocenters. The Balaban J connectivity index is 1.77. The number of ether oxygens (including phenoxy) is 1. The van der Waals surface area contributed by atoms with Gasteiger partial charge in [-0.2, -0.15) is 5.10 Å². The van der Waals surface area contributed by atoms with Crippen LogP contribution >= 0.6 is 0 Å². The molecule has 1 saturated heterocycles. The molecule has 1 aromatic carbocycles. The number of para-hydroxylation sites is 1. The number of rotatable bonds is 6. The summed E-state index contributed by atoms with van der Waals surface area (Å²) in [4.78, 5) is 27.0. The molecule has 1 aromatic heterocycles. The van der Waals surface area contributed by atoms with Crippen LogP contribution < -0.4 is 10.6 Å². The van der Waals surface area contributed by atoms with Crippen LogP contribution in [0.25, 0.3) is 0 Å². The lowest BCUT2D eigenvalue weighted by molar-refractivity contribution is -0.138. The Morgan fingerprint density at radius 3 is 2.48 bits per heavy atom. The van der Waals surface area contributed by atoms with Crippen LogP contribution in [0, 0.1) is 0 Å². The number of methoxy groups -OCH3 is 1. The zero-order valence-electron chi connectivity index (χ0n) is 15.6. The topological polar surface area (TPSA) is 88.5 Å². The maximum atomic E-state index is 13.2. The zero-order chi connectivity index (χ0) is 19.3. The van der Waals surface area contributed by atoms with Gasteiger partial charge in [-0.1, -0.05) is 18.2 Å². The fourth-order valence-corrected chi connectivity index (χ4v) is 3.28. The predicted molar refractivity (Wildman–Crippen MR) is 102 cm³/mol. The van der Waals surface area contributed by atoms with Crippen LogP contribution in [-0.4, -0.2) is 58.8 Å². The van der Waals surface area contributed by atoms with Crippen LogP contribution in [0.3, 0.4) is 0 Å². The minimum absolute atomic E-state index is 0.0548. The second-order valence-electron chi connectivity index (χ2n) is 6.72. The number of benzene rings is 1. The van der Waals surface area contributed by atoms with E-state index < -0.39 is 5.54 Å². The minimum Gasteiger partial charge on any atom is -0.375 e. The molecule has 0 spiro atoms. The van der Waals surface area contributed by atoms with Crippen molar-refractivity contribution < 1.29 is 14.3 Å². The summed E-state index contributed by atoms with van der Waals surface area (Å²) in [6, 6.07) is 11.4. The summed E-state index contributed by atoms with van der Waals surface area (Å²) in [5.41, 5.74) is 0.0493. The highest BCUT2D eigenvalue weighted by Crippen LogP contribution is 2.29. The van der Waals surface area contributed by atoms with Gasteiger partial charge in [-0.05, 0) is 25.0 Å². The number of nitrogens with zero attached hydrogens (tertiary/aromatic N) is 3. The van der Waals surface area contributed by atoms with E-state index in [-0.39, 0.29) is 18.4 Å². The quantitative estimate of drug-likeness (QED) is 0.803. The summed E-state index contributed by atoms with van der Waals surface area (Å²) < 4.78 is 6.57. The van der Waals surface area contributed by atoms with Crippen molar-refractivity contribution in [3.05, 3.63) is 42.6 Å². The molecule has 3 rings (SSSR count).